The summed E-state index contributed by atoms with van der Waals surface area (Å²) in [5.74, 6) is 1.31. The predicted octanol–water partition coefficient (Wildman–Crippen LogP) is 4.81. The zero-order chi connectivity index (χ0) is 22.4. The fourth-order valence-electron chi connectivity index (χ4n) is 3.67. The van der Waals surface area contributed by atoms with Gasteiger partial charge in [-0.05, 0) is 42.3 Å². The smallest absolute Gasteiger partial charge is 0.269 e. The number of nitro benzene ring substituents is 1. The van der Waals surface area contributed by atoms with Crippen molar-refractivity contribution < 1.29 is 14.4 Å². The summed E-state index contributed by atoms with van der Waals surface area (Å²) in [6.45, 7) is 4.28. The highest BCUT2D eigenvalue weighted by atomic mass is 16.6. The minimum absolute atomic E-state index is 0.0618. The van der Waals surface area contributed by atoms with Gasteiger partial charge in [-0.25, -0.2) is 0 Å². The van der Waals surface area contributed by atoms with Crippen molar-refractivity contribution in [1.82, 2.24) is 4.90 Å². The summed E-state index contributed by atoms with van der Waals surface area (Å²) < 4.78 is 12.3. The molecule has 7 heteroatoms. The lowest BCUT2D eigenvalue weighted by Crippen LogP contribution is -2.46. The first-order valence-electron chi connectivity index (χ1n) is 10.5. The molecule has 1 aliphatic heterocycles. The molecule has 0 saturated carbocycles. The van der Waals surface area contributed by atoms with Crippen LogP contribution in [-0.2, 0) is 12.1 Å². The molecule has 0 saturated heterocycles. The molecule has 1 unspecified atom stereocenters. The highest BCUT2D eigenvalue weighted by Crippen LogP contribution is 2.34. The standard InChI is InChI=1S/C25H25N3O4/c1-25(27-16-15-26-19-27,21-11-13-22(14-12-21)28(29)30)18-32-24-10-6-5-9-23(24)31-17-20-7-3-2-4-8-20/h2-14,19H,15-18H2,1H3. The molecular formula is C25H25N3O4. The summed E-state index contributed by atoms with van der Waals surface area (Å²) in [6, 6.07) is 24.2. The highest BCUT2D eigenvalue weighted by molar-refractivity contribution is 5.59. The van der Waals surface area contributed by atoms with Crippen LogP contribution in [0.4, 0.5) is 5.69 Å². The molecule has 0 aromatic heterocycles. The molecule has 3 aromatic carbocycles. The third-order valence-corrected chi connectivity index (χ3v) is 5.62. The van der Waals surface area contributed by atoms with Crippen molar-refractivity contribution >= 4 is 12.0 Å². The lowest BCUT2D eigenvalue weighted by molar-refractivity contribution is -0.384. The molecule has 1 aliphatic rings. The van der Waals surface area contributed by atoms with E-state index in [0.717, 1.165) is 17.7 Å². The van der Waals surface area contributed by atoms with E-state index in [9.17, 15) is 10.1 Å². The zero-order valence-electron chi connectivity index (χ0n) is 17.9. The maximum Gasteiger partial charge on any atom is 0.269 e. The number of hydrogen-bond donors (Lipinski definition) is 0. The van der Waals surface area contributed by atoms with Crippen LogP contribution >= 0.6 is 0 Å². The topological polar surface area (TPSA) is 77.2 Å². The summed E-state index contributed by atoms with van der Waals surface area (Å²) >= 11 is 0. The van der Waals surface area contributed by atoms with Crippen molar-refractivity contribution in [3.63, 3.8) is 0 Å². The molecule has 1 heterocycles. The largest absolute Gasteiger partial charge is 0.487 e. The van der Waals surface area contributed by atoms with Crippen LogP contribution in [0.5, 0.6) is 11.5 Å². The van der Waals surface area contributed by atoms with E-state index in [2.05, 4.69) is 16.8 Å². The molecule has 0 bridgehead atoms. The summed E-state index contributed by atoms with van der Waals surface area (Å²) in [6.07, 6.45) is 1.82. The Kier molecular flexibility index (Phi) is 6.35. The molecule has 0 radical (unpaired) electrons. The average Bonchev–Trinajstić information content (AvgIpc) is 3.38. The molecular weight excluding hydrogens is 406 g/mol. The van der Waals surface area contributed by atoms with E-state index in [1.54, 1.807) is 12.1 Å². The Hall–Kier alpha value is -3.87. The van der Waals surface area contributed by atoms with Crippen molar-refractivity contribution in [2.45, 2.75) is 19.1 Å². The average molecular weight is 431 g/mol. The second kappa shape index (κ2) is 9.51. The van der Waals surface area contributed by atoms with Gasteiger partial charge in [0, 0.05) is 18.7 Å². The first kappa shape index (κ1) is 21.4. The van der Waals surface area contributed by atoms with Gasteiger partial charge in [-0.3, -0.25) is 15.1 Å². The van der Waals surface area contributed by atoms with Crippen LogP contribution in [-0.4, -0.2) is 35.9 Å². The van der Waals surface area contributed by atoms with Crippen LogP contribution in [0.3, 0.4) is 0 Å². The van der Waals surface area contributed by atoms with Crippen LogP contribution in [0.1, 0.15) is 18.1 Å². The van der Waals surface area contributed by atoms with Gasteiger partial charge in [0.1, 0.15) is 13.2 Å². The van der Waals surface area contributed by atoms with Crippen LogP contribution in [0, 0.1) is 10.1 Å². The molecule has 0 aliphatic carbocycles. The predicted molar refractivity (Wildman–Crippen MR) is 123 cm³/mol. The highest BCUT2D eigenvalue weighted by Gasteiger charge is 2.35. The maximum absolute atomic E-state index is 11.1. The number of para-hydroxylation sites is 2. The number of aliphatic imine (C=N–C) groups is 1. The van der Waals surface area contributed by atoms with Crippen LogP contribution in [0.15, 0.2) is 83.9 Å². The van der Waals surface area contributed by atoms with Crippen molar-refractivity contribution in [2.24, 2.45) is 4.99 Å². The second-order valence-corrected chi connectivity index (χ2v) is 7.80. The Morgan fingerprint density at radius 2 is 1.62 bits per heavy atom. The summed E-state index contributed by atoms with van der Waals surface area (Å²) in [4.78, 5) is 17.1. The molecule has 0 amide bonds. The molecule has 0 fully saturated rings. The van der Waals surface area contributed by atoms with E-state index in [4.69, 9.17) is 9.47 Å². The quantitative estimate of drug-likeness (QED) is 0.359. The van der Waals surface area contributed by atoms with E-state index >= 15 is 0 Å². The van der Waals surface area contributed by atoms with Gasteiger partial charge >= 0.3 is 0 Å². The molecule has 4 rings (SSSR count). The Labute approximate surface area is 187 Å². The summed E-state index contributed by atoms with van der Waals surface area (Å²) in [5, 5.41) is 11.1. The van der Waals surface area contributed by atoms with Crippen molar-refractivity contribution in [3.05, 3.63) is 100 Å². The second-order valence-electron chi connectivity index (χ2n) is 7.80. The zero-order valence-corrected chi connectivity index (χ0v) is 17.9. The van der Waals surface area contributed by atoms with Gasteiger partial charge in [-0.1, -0.05) is 42.5 Å². The summed E-state index contributed by atoms with van der Waals surface area (Å²) in [7, 11) is 0. The molecule has 164 valence electrons. The Balaban J connectivity index is 1.54. The van der Waals surface area contributed by atoms with Gasteiger partial charge in [0.2, 0.25) is 0 Å². The SMILES string of the molecule is CC(COc1ccccc1OCc1ccccc1)(c1ccc([N+](=O)[O-])cc1)N1C=NCC1. The number of benzene rings is 3. The van der Waals surface area contributed by atoms with Crippen LogP contribution in [0.2, 0.25) is 0 Å². The van der Waals surface area contributed by atoms with Gasteiger partial charge in [0.05, 0.1) is 23.3 Å². The Bertz CT molecular complexity index is 1090. The van der Waals surface area contributed by atoms with Gasteiger partial charge in [-0.2, -0.15) is 0 Å². The molecule has 0 spiro atoms. The number of nitro groups is 1. The first-order chi connectivity index (χ1) is 15.6. The Morgan fingerprint density at radius 1 is 0.969 bits per heavy atom. The van der Waals surface area contributed by atoms with Crippen molar-refractivity contribution in [2.75, 3.05) is 19.7 Å². The minimum atomic E-state index is -0.554. The first-order valence-corrected chi connectivity index (χ1v) is 10.5. The van der Waals surface area contributed by atoms with E-state index in [1.807, 2.05) is 60.9 Å². The fourth-order valence-corrected chi connectivity index (χ4v) is 3.67. The summed E-state index contributed by atoms with van der Waals surface area (Å²) in [5.41, 5.74) is 1.50. The lowest BCUT2D eigenvalue weighted by atomic mass is 9.91. The lowest BCUT2D eigenvalue weighted by Gasteiger charge is -2.38. The number of ether oxygens (including phenoxy) is 2. The number of nitrogens with zero attached hydrogens (tertiary/aromatic N) is 3. The van der Waals surface area contributed by atoms with Crippen LogP contribution in [0.25, 0.3) is 0 Å². The molecule has 32 heavy (non-hydrogen) atoms. The third-order valence-electron chi connectivity index (χ3n) is 5.62. The van der Waals surface area contributed by atoms with E-state index in [-0.39, 0.29) is 5.69 Å². The molecule has 0 N–H and O–H groups in total. The Morgan fingerprint density at radius 3 is 2.25 bits per heavy atom. The molecule has 3 aromatic rings. The minimum Gasteiger partial charge on any atom is -0.487 e. The van der Waals surface area contributed by atoms with Gasteiger partial charge in [0.25, 0.3) is 5.69 Å². The van der Waals surface area contributed by atoms with Crippen LogP contribution < -0.4 is 9.47 Å². The van der Waals surface area contributed by atoms with E-state index in [0.29, 0.717) is 31.3 Å². The number of non-ortho nitro benzene ring substituents is 1. The maximum atomic E-state index is 11.1. The van der Waals surface area contributed by atoms with E-state index < -0.39 is 10.5 Å². The van der Waals surface area contributed by atoms with E-state index in [1.165, 1.54) is 12.1 Å². The monoisotopic (exact) mass is 431 g/mol. The van der Waals surface area contributed by atoms with Crippen molar-refractivity contribution in [1.29, 1.82) is 0 Å². The van der Waals surface area contributed by atoms with Gasteiger partial charge < -0.3 is 14.4 Å². The van der Waals surface area contributed by atoms with Gasteiger partial charge in [0.15, 0.2) is 11.5 Å². The number of rotatable bonds is 9. The molecule has 1 atom stereocenters. The normalized spacial score (nSPS) is 14.7. The van der Waals surface area contributed by atoms with Crippen molar-refractivity contribution in [3.8, 4) is 11.5 Å². The molecule has 7 nitrogen and oxygen atoms in total. The third kappa shape index (κ3) is 4.72. The number of hydrogen-bond acceptors (Lipinski definition) is 6. The fraction of sp³-hybridized carbons (Fsp3) is 0.240. The van der Waals surface area contributed by atoms with Gasteiger partial charge in [-0.15, -0.1) is 0 Å².